The highest BCUT2D eigenvalue weighted by Crippen LogP contribution is 2.23. The molecule has 0 bridgehead atoms. The van der Waals surface area contributed by atoms with Crippen LogP contribution < -0.4 is 0 Å². The lowest BCUT2D eigenvalue weighted by Gasteiger charge is -2.01. The highest BCUT2D eigenvalue weighted by molar-refractivity contribution is 7.99. The summed E-state index contributed by atoms with van der Waals surface area (Å²) in [5.41, 5.74) is 3.20. The van der Waals surface area contributed by atoms with Crippen molar-refractivity contribution in [3.05, 3.63) is 54.9 Å². The number of aromatic nitrogens is 2. The van der Waals surface area contributed by atoms with E-state index in [1.54, 1.807) is 0 Å². The highest BCUT2D eigenvalue weighted by atomic mass is 32.2. The second-order valence-electron chi connectivity index (χ2n) is 4.82. The van der Waals surface area contributed by atoms with E-state index in [4.69, 9.17) is 0 Å². The number of imidazole rings is 1. The first-order valence-electron chi connectivity index (χ1n) is 7.04. The Labute approximate surface area is 123 Å². The lowest BCUT2D eigenvalue weighted by molar-refractivity contribution is 0.896. The molecule has 2 nitrogen and oxygen atoms in total. The van der Waals surface area contributed by atoms with Gasteiger partial charge >= 0.3 is 0 Å². The monoisotopic (exact) mass is 282 g/mol. The maximum atomic E-state index is 4.67. The third-order valence-electron chi connectivity index (χ3n) is 3.26. The number of thioether (sulfide) groups is 1. The molecule has 0 saturated heterocycles. The molecule has 0 N–H and O–H groups in total. The predicted octanol–water partition coefficient (Wildman–Crippen LogP) is 4.89. The van der Waals surface area contributed by atoms with Gasteiger partial charge in [0, 0.05) is 22.9 Å². The molecule has 2 aromatic heterocycles. The van der Waals surface area contributed by atoms with Gasteiger partial charge in [-0.05, 0) is 24.3 Å². The van der Waals surface area contributed by atoms with Crippen molar-refractivity contribution < 1.29 is 0 Å². The first-order chi connectivity index (χ1) is 9.86. The molecule has 1 aromatic carbocycles. The van der Waals surface area contributed by atoms with Crippen molar-refractivity contribution in [3.8, 4) is 11.3 Å². The van der Waals surface area contributed by atoms with Gasteiger partial charge in [-0.25, -0.2) is 4.98 Å². The van der Waals surface area contributed by atoms with E-state index in [2.05, 4.69) is 53.0 Å². The van der Waals surface area contributed by atoms with E-state index in [1.165, 1.54) is 23.5 Å². The van der Waals surface area contributed by atoms with Crippen molar-refractivity contribution in [2.24, 2.45) is 0 Å². The number of unbranched alkanes of at least 4 members (excludes halogenated alkanes) is 1. The Kier molecular flexibility index (Phi) is 4.07. The van der Waals surface area contributed by atoms with Gasteiger partial charge in [0.05, 0.1) is 5.69 Å². The maximum absolute atomic E-state index is 4.67. The van der Waals surface area contributed by atoms with Crippen LogP contribution in [0.5, 0.6) is 0 Å². The number of benzene rings is 1. The van der Waals surface area contributed by atoms with Crippen LogP contribution in [0.15, 0.2) is 59.8 Å². The zero-order valence-electron chi connectivity index (χ0n) is 11.6. The number of rotatable bonds is 5. The molecule has 2 heterocycles. The SMILES string of the molecule is CCCCSc1ccc2nc(-c3ccccc3)cn2c1. The van der Waals surface area contributed by atoms with Crippen LogP contribution in [0.2, 0.25) is 0 Å². The van der Waals surface area contributed by atoms with Gasteiger partial charge < -0.3 is 4.40 Å². The van der Waals surface area contributed by atoms with Crippen LogP contribution in [0.3, 0.4) is 0 Å². The average molecular weight is 282 g/mol. The van der Waals surface area contributed by atoms with Crippen molar-refractivity contribution in [1.82, 2.24) is 9.38 Å². The highest BCUT2D eigenvalue weighted by Gasteiger charge is 2.04. The van der Waals surface area contributed by atoms with Gasteiger partial charge in [0.15, 0.2) is 0 Å². The lowest BCUT2D eigenvalue weighted by Crippen LogP contribution is -1.84. The molecule has 3 rings (SSSR count). The zero-order chi connectivity index (χ0) is 13.8. The molecule has 0 aliphatic rings. The van der Waals surface area contributed by atoms with Crippen LogP contribution in [0.4, 0.5) is 0 Å². The fourth-order valence-corrected chi connectivity index (χ4v) is 3.16. The lowest BCUT2D eigenvalue weighted by atomic mass is 10.2. The molecule has 0 fully saturated rings. The molecular formula is C17H18N2S. The largest absolute Gasteiger partial charge is 0.305 e. The molecular weight excluding hydrogens is 264 g/mol. The van der Waals surface area contributed by atoms with Gasteiger partial charge in [0.2, 0.25) is 0 Å². The van der Waals surface area contributed by atoms with Gasteiger partial charge in [0.25, 0.3) is 0 Å². The van der Waals surface area contributed by atoms with Crippen LogP contribution in [-0.4, -0.2) is 15.1 Å². The molecule has 0 aliphatic carbocycles. The number of hydrogen-bond acceptors (Lipinski definition) is 2. The van der Waals surface area contributed by atoms with E-state index in [0.717, 1.165) is 16.9 Å². The molecule has 0 atom stereocenters. The summed E-state index contributed by atoms with van der Waals surface area (Å²) in [6, 6.07) is 14.6. The second kappa shape index (κ2) is 6.14. The van der Waals surface area contributed by atoms with Crippen molar-refractivity contribution in [1.29, 1.82) is 0 Å². The molecule has 102 valence electrons. The number of fused-ring (bicyclic) bond motifs is 1. The molecule has 0 spiro atoms. The minimum atomic E-state index is 1.00. The van der Waals surface area contributed by atoms with Gasteiger partial charge in [-0.3, -0.25) is 0 Å². The molecule has 0 amide bonds. The van der Waals surface area contributed by atoms with Crippen LogP contribution in [0.1, 0.15) is 19.8 Å². The van der Waals surface area contributed by atoms with E-state index in [0.29, 0.717) is 0 Å². The van der Waals surface area contributed by atoms with Crippen LogP contribution in [0, 0.1) is 0 Å². The Morgan fingerprint density at radius 2 is 1.90 bits per heavy atom. The smallest absolute Gasteiger partial charge is 0.137 e. The normalized spacial score (nSPS) is 11.1. The third kappa shape index (κ3) is 2.88. The Morgan fingerprint density at radius 1 is 1.05 bits per heavy atom. The molecule has 0 radical (unpaired) electrons. The maximum Gasteiger partial charge on any atom is 0.137 e. The summed E-state index contributed by atoms with van der Waals surface area (Å²) in [6.07, 6.45) is 6.80. The standard InChI is InChI=1S/C17H18N2S/c1-2-3-11-20-15-9-10-17-18-16(13-19(17)12-15)14-7-5-4-6-8-14/h4-10,12-13H,2-3,11H2,1H3. The van der Waals surface area contributed by atoms with Crippen LogP contribution in [0.25, 0.3) is 16.9 Å². The quantitative estimate of drug-likeness (QED) is 0.489. The average Bonchev–Trinajstić information content (AvgIpc) is 2.92. The summed E-state index contributed by atoms with van der Waals surface area (Å²) >= 11 is 1.92. The summed E-state index contributed by atoms with van der Waals surface area (Å²) in [7, 11) is 0. The Balaban J connectivity index is 1.88. The number of pyridine rings is 1. The fraction of sp³-hybridized carbons (Fsp3) is 0.235. The zero-order valence-corrected chi connectivity index (χ0v) is 12.4. The Bertz CT molecular complexity index is 689. The minimum absolute atomic E-state index is 1.00. The topological polar surface area (TPSA) is 17.3 Å². The van der Waals surface area contributed by atoms with Gasteiger partial charge in [-0.2, -0.15) is 0 Å². The first kappa shape index (κ1) is 13.3. The summed E-state index contributed by atoms with van der Waals surface area (Å²) in [5, 5.41) is 0. The third-order valence-corrected chi connectivity index (χ3v) is 4.33. The van der Waals surface area contributed by atoms with E-state index in [9.17, 15) is 0 Å². The van der Waals surface area contributed by atoms with Gasteiger partial charge in [0.1, 0.15) is 5.65 Å². The first-order valence-corrected chi connectivity index (χ1v) is 8.02. The molecule has 0 saturated carbocycles. The molecule has 0 aliphatic heterocycles. The van der Waals surface area contributed by atoms with E-state index < -0.39 is 0 Å². The van der Waals surface area contributed by atoms with Gasteiger partial charge in [-0.15, -0.1) is 11.8 Å². The van der Waals surface area contributed by atoms with Crippen molar-refractivity contribution in [3.63, 3.8) is 0 Å². The second-order valence-corrected chi connectivity index (χ2v) is 5.99. The van der Waals surface area contributed by atoms with Crippen molar-refractivity contribution >= 4 is 17.4 Å². The molecule has 0 unspecified atom stereocenters. The van der Waals surface area contributed by atoms with Crippen molar-refractivity contribution in [2.75, 3.05) is 5.75 Å². The summed E-state index contributed by atoms with van der Waals surface area (Å²) in [4.78, 5) is 5.98. The molecule has 3 heteroatoms. The van der Waals surface area contributed by atoms with E-state index in [1.807, 2.05) is 30.0 Å². The summed E-state index contributed by atoms with van der Waals surface area (Å²) in [6.45, 7) is 2.23. The molecule has 3 aromatic rings. The van der Waals surface area contributed by atoms with E-state index in [-0.39, 0.29) is 0 Å². The Hall–Kier alpha value is -1.74. The number of hydrogen-bond donors (Lipinski definition) is 0. The summed E-state index contributed by atoms with van der Waals surface area (Å²) < 4.78 is 2.12. The van der Waals surface area contributed by atoms with Crippen LogP contribution in [-0.2, 0) is 0 Å². The summed E-state index contributed by atoms with van der Waals surface area (Å²) in [5.74, 6) is 1.18. The molecule has 20 heavy (non-hydrogen) atoms. The van der Waals surface area contributed by atoms with Crippen LogP contribution >= 0.6 is 11.8 Å². The predicted molar refractivity (Wildman–Crippen MR) is 86.3 cm³/mol. The minimum Gasteiger partial charge on any atom is -0.305 e. The fourth-order valence-electron chi connectivity index (χ4n) is 2.14. The van der Waals surface area contributed by atoms with Crippen molar-refractivity contribution in [2.45, 2.75) is 24.7 Å². The van der Waals surface area contributed by atoms with Gasteiger partial charge in [-0.1, -0.05) is 43.7 Å². The Morgan fingerprint density at radius 3 is 2.70 bits per heavy atom. The number of nitrogens with zero attached hydrogens (tertiary/aromatic N) is 2. The van der Waals surface area contributed by atoms with E-state index >= 15 is 0 Å².